The molecule has 0 aliphatic carbocycles. The second-order valence-electron chi connectivity index (χ2n) is 34.5. The molecule has 5 atom stereocenters. The van der Waals surface area contributed by atoms with E-state index in [0.29, 0.717) is 25.7 Å². The van der Waals surface area contributed by atoms with Crippen LogP contribution in [0.3, 0.4) is 0 Å². The molecule has 0 spiro atoms. The molecule has 0 aliphatic rings. The van der Waals surface area contributed by atoms with Gasteiger partial charge in [-0.3, -0.25) is 37.3 Å². The molecule has 2 unspecified atom stereocenters. The maximum absolute atomic E-state index is 13.2. The first-order valence-corrected chi connectivity index (χ1v) is 50.3. The molecule has 0 saturated carbocycles. The van der Waals surface area contributed by atoms with Crippen molar-refractivity contribution < 1.29 is 80.2 Å². The molecule has 17 nitrogen and oxygen atoms in total. The van der Waals surface area contributed by atoms with E-state index in [9.17, 15) is 43.2 Å². The Hall–Kier alpha value is -1.94. The van der Waals surface area contributed by atoms with E-state index in [-0.39, 0.29) is 25.7 Å². The van der Waals surface area contributed by atoms with Gasteiger partial charge in [-0.1, -0.05) is 440 Å². The number of carbonyl (C=O) groups is 4. The lowest BCUT2D eigenvalue weighted by Gasteiger charge is -2.21. The highest BCUT2D eigenvalue weighted by Crippen LogP contribution is 2.45. The van der Waals surface area contributed by atoms with Crippen LogP contribution in [0.4, 0.5) is 0 Å². The van der Waals surface area contributed by atoms with Crippen molar-refractivity contribution in [3.8, 4) is 0 Å². The average molecular weight is 1620 g/mol. The van der Waals surface area contributed by atoms with Crippen LogP contribution in [0.15, 0.2) is 0 Å². The third kappa shape index (κ3) is 85.8. The zero-order chi connectivity index (χ0) is 81.5. The Morgan fingerprint density at radius 2 is 0.414 bits per heavy atom. The number of unbranched alkanes of at least 4 members (excludes halogenated alkanes) is 58. The number of ether oxygens (including phenoxy) is 4. The normalized spacial score (nSPS) is 13.8. The lowest BCUT2D eigenvalue weighted by molar-refractivity contribution is -0.161. The molecular weight excluding hydrogens is 1440 g/mol. The number of carbonyl (C=O) groups excluding carboxylic acids is 4. The van der Waals surface area contributed by atoms with Crippen LogP contribution in [-0.4, -0.2) is 96.7 Å². The van der Waals surface area contributed by atoms with Crippen LogP contribution in [0.5, 0.6) is 0 Å². The fraction of sp³-hybridized carbons (Fsp3) is 0.957. The van der Waals surface area contributed by atoms with E-state index in [4.69, 9.17) is 37.0 Å². The summed E-state index contributed by atoms with van der Waals surface area (Å²) in [5.41, 5.74) is 0. The highest BCUT2D eigenvalue weighted by molar-refractivity contribution is 7.47. The number of aliphatic hydroxyl groups excluding tert-OH is 1. The SMILES string of the molecule is CCCCCCCCCCCCCCCCCCCCC(=O)O[C@H](COC(=O)CCCCCCCCCCC(C)C)COP(=O)(O)OC[C@H](O)COP(=O)(O)OC[C@@H](COC(=O)CCCCCCCCCCCCCCCCCCCCC(C)C)OC(=O)CCCCCCCCCCCCCCCCCCCCC(C)C. The van der Waals surface area contributed by atoms with Crippen molar-refractivity contribution in [1.82, 2.24) is 0 Å². The van der Waals surface area contributed by atoms with Crippen molar-refractivity contribution in [3.63, 3.8) is 0 Å². The van der Waals surface area contributed by atoms with Gasteiger partial charge in [0.05, 0.1) is 26.4 Å². The van der Waals surface area contributed by atoms with Gasteiger partial charge in [0.1, 0.15) is 19.3 Å². The smallest absolute Gasteiger partial charge is 0.462 e. The molecule has 0 aromatic heterocycles. The molecule has 0 fully saturated rings. The van der Waals surface area contributed by atoms with Crippen molar-refractivity contribution in [2.45, 2.75) is 510 Å². The van der Waals surface area contributed by atoms with Gasteiger partial charge in [-0.15, -0.1) is 0 Å². The van der Waals surface area contributed by atoms with Crippen molar-refractivity contribution in [1.29, 1.82) is 0 Å². The van der Waals surface area contributed by atoms with Crippen LogP contribution in [0.1, 0.15) is 492 Å². The molecule has 0 aromatic carbocycles. The first-order valence-electron chi connectivity index (χ1n) is 47.3. The Kier molecular flexibility index (Phi) is 80.4. The topological polar surface area (TPSA) is 237 Å². The van der Waals surface area contributed by atoms with Gasteiger partial charge in [0.2, 0.25) is 0 Å². The number of esters is 4. The Morgan fingerprint density at radius 1 is 0.243 bits per heavy atom. The van der Waals surface area contributed by atoms with Crippen molar-refractivity contribution in [2.24, 2.45) is 17.8 Å². The quantitative estimate of drug-likeness (QED) is 0.0222. The van der Waals surface area contributed by atoms with Gasteiger partial charge in [-0.25, -0.2) is 9.13 Å². The van der Waals surface area contributed by atoms with E-state index < -0.39 is 97.5 Å². The fourth-order valence-corrected chi connectivity index (χ4v) is 16.0. The van der Waals surface area contributed by atoms with Crippen molar-refractivity contribution in [3.05, 3.63) is 0 Å². The minimum Gasteiger partial charge on any atom is -0.462 e. The highest BCUT2D eigenvalue weighted by Gasteiger charge is 2.31. The fourth-order valence-electron chi connectivity index (χ4n) is 14.4. The first kappa shape index (κ1) is 109. The van der Waals surface area contributed by atoms with E-state index in [1.165, 1.54) is 302 Å². The average Bonchev–Trinajstić information content (AvgIpc) is 0.899. The Morgan fingerprint density at radius 3 is 0.613 bits per heavy atom. The van der Waals surface area contributed by atoms with E-state index in [2.05, 4.69) is 48.5 Å². The summed E-state index contributed by atoms with van der Waals surface area (Å²) in [6, 6.07) is 0. The second-order valence-corrected chi connectivity index (χ2v) is 37.4. The van der Waals surface area contributed by atoms with Gasteiger partial charge in [-0.05, 0) is 43.4 Å². The van der Waals surface area contributed by atoms with Gasteiger partial charge in [-0.2, -0.15) is 0 Å². The maximum Gasteiger partial charge on any atom is 0.472 e. The van der Waals surface area contributed by atoms with E-state index in [1.807, 2.05) is 0 Å². The second kappa shape index (κ2) is 81.8. The highest BCUT2D eigenvalue weighted by atomic mass is 31.2. The molecule has 19 heteroatoms. The molecule has 3 N–H and O–H groups in total. The molecule has 0 aliphatic heterocycles. The summed E-state index contributed by atoms with van der Waals surface area (Å²) in [6.45, 7) is 12.1. The first-order chi connectivity index (χ1) is 53.7. The summed E-state index contributed by atoms with van der Waals surface area (Å²) < 4.78 is 69.1. The van der Waals surface area contributed by atoms with Crippen LogP contribution in [-0.2, 0) is 65.4 Å². The molecular formula is C92H180O17P2. The molecule has 0 aromatic rings. The van der Waals surface area contributed by atoms with Gasteiger partial charge >= 0.3 is 39.5 Å². The number of hydrogen-bond acceptors (Lipinski definition) is 15. The number of phosphoric acid groups is 2. The van der Waals surface area contributed by atoms with E-state index in [0.717, 1.165) is 108 Å². The summed E-state index contributed by atoms with van der Waals surface area (Å²) in [5, 5.41) is 10.7. The molecule has 111 heavy (non-hydrogen) atoms. The van der Waals surface area contributed by atoms with Crippen molar-refractivity contribution in [2.75, 3.05) is 39.6 Å². The Bertz CT molecular complexity index is 2130. The summed E-state index contributed by atoms with van der Waals surface area (Å²) in [6.07, 6.45) is 75.2. The predicted octanol–water partition coefficient (Wildman–Crippen LogP) is 28.4. The monoisotopic (exact) mass is 1620 g/mol. The van der Waals surface area contributed by atoms with Gasteiger partial charge in [0.25, 0.3) is 0 Å². The lowest BCUT2D eigenvalue weighted by atomic mass is 10.0. The maximum atomic E-state index is 13.2. The van der Waals surface area contributed by atoms with Gasteiger partial charge in [0, 0.05) is 25.7 Å². The minimum atomic E-state index is -4.97. The molecule has 0 saturated heterocycles. The van der Waals surface area contributed by atoms with Crippen LogP contribution in [0.2, 0.25) is 0 Å². The predicted molar refractivity (Wildman–Crippen MR) is 460 cm³/mol. The third-order valence-corrected chi connectivity index (χ3v) is 23.5. The number of phosphoric ester groups is 2. The number of rotatable bonds is 90. The van der Waals surface area contributed by atoms with Crippen LogP contribution < -0.4 is 0 Å². The van der Waals surface area contributed by atoms with Crippen LogP contribution >= 0.6 is 15.6 Å². The summed E-state index contributed by atoms with van der Waals surface area (Å²) >= 11 is 0. The lowest BCUT2D eigenvalue weighted by Crippen LogP contribution is -2.30. The van der Waals surface area contributed by atoms with E-state index >= 15 is 0 Å². The number of aliphatic hydroxyl groups is 1. The van der Waals surface area contributed by atoms with E-state index in [1.54, 1.807) is 0 Å². The Balaban J connectivity index is 5.23. The molecule has 0 amide bonds. The summed E-state index contributed by atoms with van der Waals surface area (Å²) in [5.74, 6) is 0.272. The van der Waals surface area contributed by atoms with Crippen LogP contribution in [0.25, 0.3) is 0 Å². The zero-order valence-electron chi connectivity index (χ0n) is 73.4. The van der Waals surface area contributed by atoms with Gasteiger partial charge in [0.15, 0.2) is 12.2 Å². The summed E-state index contributed by atoms with van der Waals surface area (Å²) in [7, 11) is -9.94. The number of hydrogen-bond donors (Lipinski definition) is 3. The molecule has 0 radical (unpaired) electrons. The third-order valence-electron chi connectivity index (χ3n) is 21.6. The molecule has 0 rings (SSSR count). The Labute approximate surface area is 683 Å². The molecule has 660 valence electrons. The summed E-state index contributed by atoms with van der Waals surface area (Å²) in [4.78, 5) is 73.4. The molecule has 0 heterocycles. The largest absolute Gasteiger partial charge is 0.472 e. The van der Waals surface area contributed by atoms with Crippen LogP contribution in [0, 0.1) is 17.8 Å². The van der Waals surface area contributed by atoms with Crippen molar-refractivity contribution >= 4 is 39.5 Å². The molecule has 0 bridgehead atoms. The standard InChI is InChI=1S/C92H180O17P2/c1-8-9-10-11-12-13-14-15-16-17-24-30-35-40-45-54-61-68-76-92(97)109-88(80-103-90(95)74-67-60-53-48-47-51-58-65-72-85(6)7)82-107-111(100,101)105-78-86(93)77-104-110(98,99)106-81-87(108-91(96)75-69-62-55-46-41-36-31-26-21-19-23-28-33-38-43-50-57-64-71-84(4)5)79-102-89(94)73-66-59-52-44-39-34-29-25-20-18-22-27-32-37-42-49-56-63-70-83(2)3/h83-88,93H,8-82H2,1-7H3,(H,98,99)(H,100,101)/t86-,87-,88-/m1/s1. The zero-order valence-corrected chi connectivity index (χ0v) is 75.2. The minimum absolute atomic E-state index is 0.108. The van der Waals surface area contributed by atoms with Gasteiger partial charge < -0.3 is 33.8 Å².